The molecule has 1 aromatic carbocycles. The Hall–Kier alpha value is -6.04. The number of allylic oxidation sites excluding steroid dienone is 1. The van der Waals surface area contributed by atoms with E-state index in [1.54, 1.807) is 18.2 Å². The quantitative estimate of drug-likeness (QED) is 0.288. The van der Waals surface area contributed by atoms with Crippen molar-refractivity contribution in [2.75, 3.05) is 13.2 Å². The summed E-state index contributed by atoms with van der Waals surface area (Å²) >= 11 is 0. The van der Waals surface area contributed by atoms with Crippen LogP contribution < -0.4 is 10.7 Å². The van der Waals surface area contributed by atoms with Crippen molar-refractivity contribution in [3.63, 3.8) is 0 Å². The number of rotatable bonds is 7. The van der Waals surface area contributed by atoms with Gasteiger partial charge in [0.1, 0.15) is 11.4 Å². The number of esters is 2. The Balaban J connectivity index is 2.34. The highest BCUT2D eigenvalue weighted by atomic mass is 16.5. The molecule has 2 aromatic rings. The SMILES string of the molecule is [C-]#[N+]/C(C#N)=C1\N=c2ccc(-c3nc(C(C#N)C(=O)OCC)nc(C(C#N)C(=O)OCC)n3)c(C#N)c2=N1. The molecule has 38 heavy (non-hydrogen) atoms. The van der Waals surface area contributed by atoms with Crippen LogP contribution in [0.4, 0.5) is 0 Å². The van der Waals surface area contributed by atoms with Crippen molar-refractivity contribution in [1.29, 1.82) is 21.0 Å². The van der Waals surface area contributed by atoms with Crippen LogP contribution in [0.3, 0.4) is 0 Å². The fourth-order valence-electron chi connectivity index (χ4n) is 3.23. The van der Waals surface area contributed by atoms with E-state index in [0.29, 0.717) is 0 Å². The Morgan fingerprint density at radius 3 is 1.97 bits per heavy atom. The Morgan fingerprint density at radius 1 is 0.947 bits per heavy atom. The molecule has 1 aliphatic rings. The van der Waals surface area contributed by atoms with Gasteiger partial charge in [-0.25, -0.2) is 35.0 Å². The average Bonchev–Trinajstić information content (AvgIpc) is 3.34. The number of fused-ring (bicyclic) bond motifs is 1. The van der Waals surface area contributed by atoms with E-state index in [-0.39, 0.29) is 52.4 Å². The highest BCUT2D eigenvalue weighted by molar-refractivity contribution is 5.82. The van der Waals surface area contributed by atoms with Crippen molar-refractivity contribution in [3.05, 3.63) is 63.0 Å². The molecule has 0 fully saturated rings. The van der Waals surface area contributed by atoms with E-state index < -0.39 is 35.4 Å². The van der Waals surface area contributed by atoms with Crippen molar-refractivity contribution in [2.45, 2.75) is 25.7 Å². The van der Waals surface area contributed by atoms with Crippen molar-refractivity contribution >= 4 is 11.9 Å². The number of carbonyl (C=O) groups excluding carboxylic acids is 2. The van der Waals surface area contributed by atoms with Gasteiger partial charge < -0.3 is 9.47 Å². The maximum atomic E-state index is 12.4. The molecule has 14 nitrogen and oxygen atoms in total. The summed E-state index contributed by atoms with van der Waals surface area (Å²) in [5, 5.41) is 38.6. The molecule has 2 unspecified atom stereocenters. The van der Waals surface area contributed by atoms with Crippen LogP contribution in [0, 0.1) is 51.9 Å². The standard InChI is InChI=1S/C24H14N10O4/c1-4-37-23(35)14(9-26)20-32-19(33-21(34-20)15(10-27)24(36)38-5-2)12-6-7-16-18(13(12)8-25)31-22(30-16)17(11-28)29-3/h6-7,14-15H,4-5H2,1-2H3/b22-17+. The summed E-state index contributed by atoms with van der Waals surface area (Å²) in [5.74, 6) is -6.47. The minimum Gasteiger partial charge on any atom is -0.465 e. The number of hydrogen-bond donors (Lipinski definition) is 0. The summed E-state index contributed by atoms with van der Waals surface area (Å²) < 4.78 is 9.83. The molecule has 14 heteroatoms. The third-order valence-corrected chi connectivity index (χ3v) is 4.87. The second-order valence-corrected chi connectivity index (χ2v) is 7.09. The minimum atomic E-state index is -1.64. The first-order valence-corrected chi connectivity index (χ1v) is 10.8. The van der Waals surface area contributed by atoms with Gasteiger partial charge in [0.05, 0.1) is 48.9 Å². The van der Waals surface area contributed by atoms with Gasteiger partial charge in [0.2, 0.25) is 11.8 Å². The van der Waals surface area contributed by atoms with E-state index in [1.165, 1.54) is 26.0 Å². The number of benzene rings is 1. The molecule has 2 atom stereocenters. The van der Waals surface area contributed by atoms with Gasteiger partial charge in [-0.2, -0.15) is 15.8 Å². The highest BCUT2D eigenvalue weighted by Gasteiger charge is 2.32. The van der Waals surface area contributed by atoms with Gasteiger partial charge in [-0.15, -0.1) is 0 Å². The second-order valence-electron chi connectivity index (χ2n) is 7.09. The van der Waals surface area contributed by atoms with Gasteiger partial charge in [0.25, 0.3) is 0 Å². The van der Waals surface area contributed by atoms with Crippen LogP contribution in [0.25, 0.3) is 16.2 Å². The first kappa shape index (κ1) is 26.6. The van der Waals surface area contributed by atoms with Crippen molar-refractivity contribution in [2.24, 2.45) is 9.98 Å². The molecule has 0 N–H and O–H groups in total. The lowest BCUT2D eigenvalue weighted by molar-refractivity contribution is -0.144. The summed E-state index contributed by atoms with van der Waals surface area (Å²) in [6.45, 7) is 10.1. The van der Waals surface area contributed by atoms with Gasteiger partial charge in [-0.05, 0) is 26.0 Å². The van der Waals surface area contributed by atoms with Crippen molar-refractivity contribution in [1.82, 2.24) is 15.0 Å². The maximum absolute atomic E-state index is 12.4. The van der Waals surface area contributed by atoms with Crippen LogP contribution in [0.5, 0.6) is 0 Å². The van der Waals surface area contributed by atoms with Crippen LogP contribution in [0.2, 0.25) is 0 Å². The topological polar surface area (TPSA) is 216 Å². The predicted octanol–water partition coefficient (Wildman–Crippen LogP) is 0.616. The number of ether oxygens (including phenoxy) is 2. The highest BCUT2D eigenvalue weighted by Crippen LogP contribution is 2.24. The Bertz CT molecular complexity index is 1640. The van der Waals surface area contributed by atoms with Crippen LogP contribution >= 0.6 is 0 Å². The molecule has 1 aromatic heterocycles. The van der Waals surface area contributed by atoms with Gasteiger partial charge in [0.15, 0.2) is 23.3 Å². The molecule has 0 radical (unpaired) electrons. The third kappa shape index (κ3) is 4.99. The Kier molecular flexibility index (Phi) is 8.10. The van der Waals surface area contributed by atoms with Gasteiger partial charge in [0, 0.05) is 5.56 Å². The zero-order chi connectivity index (χ0) is 27.8. The number of hydrogen-bond acceptors (Lipinski definition) is 13. The number of aromatic nitrogens is 3. The lowest BCUT2D eigenvalue weighted by atomic mass is 10.1. The van der Waals surface area contributed by atoms with Gasteiger partial charge in [-0.1, -0.05) is 0 Å². The summed E-state index contributed by atoms with van der Waals surface area (Å²) in [4.78, 5) is 48.5. The minimum absolute atomic E-state index is 0.0318. The fraction of sp³-hybridized carbons (Fsp3) is 0.250. The first-order valence-electron chi connectivity index (χ1n) is 10.8. The van der Waals surface area contributed by atoms with Crippen molar-refractivity contribution in [3.8, 4) is 35.7 Å². The molecule has 0 saturated carbocycles. The molecule has 184 valence electrons. The lowest BCUT2D eigenvalue weighted by Crippen LogP contribution is -2.26. The largest absolute Gasteiger partial charge is 0.465 e. The van der Waals surface area contributed by atoms with E-state index in [4.69, 9.17) is 21.3 Å². The lowest BCUT2D eigenvalue weighted by Gasteiger charge is -2.13. The van der Waals surface area contributed by atoms with E-state index in [9.17, 15) is 25.4 Å². The molecule has 0 spiro atoms. The molecule has 1 aliphatic heterocycles. The van der Waals surface area contributed by atoms with Crippen molar-refractivity contribution < 1.29 is 19.1 Å². The normalized spacial score (nSPS) is 13.8. The van der Waals surface area contributed by atoms with Crippen LogP contribution in [0.1, 0.15) is 42.9 Å². The molecule has 0 saturated heterocycles. The average molecular weight is 506 g/mol. The van der Waals surface area contributed by atoms with Gasteiger partial charge >= 0.3 is 17.6 Å². The maximum Gasteiger partial charge on any atom is 0.331 e. The number of nitriles is 4. The summed E-state index contributed by atoms with van der Waals surface area (Å²) in [6.07, 6.45) is 0. The molecule has 0 aliphatic carbocycles. The summed E-state index contributed by atoms with van der Waals surface area (Å²) in [5.41, 5.74) is -0.450. The summed E-state index contributed by atoms with van der Waals surface area (Å²) in [7, 11) is 0. The molecule has 0 bridgehead atoms. The zero-order valence-corrected chi connectivity index (χ0v) is 19.8. The van der Waals surface area contributed by atoms with Crippen LogP contribution in [-0.2, 0) is 19.1 Å². The van der Waals surface area contributed by atoms with E-state index in [1.807, 2.05) is 6.07 Å². The molecular weight excluding hydrogens is 492 g/mol. The zero-order valence-electron chi connectivity index (χ0n) is 19.8. The van der Waals surface area contributed by atoms with Crippen LogP contribution in [0.15, 0.2) is 33.6 Å². The third-order valence-electron chi connectivity index (χ3n) is 4.87. The number of nitrogens with zero attached hydrogens (tertiary/aromatic N) is 10. The smallest absolute Gasteiger partial charge is 0.331 e. The second kappa shape index (κ2) is 11.6. The Morgan fingerprint density at radius 2 is 1.53 bits per heavy atom. The Labute approximate surface area is 214 Å². The predicted molar refractivity (Wildman–Crippen MR) is 122 cm³/mol. The van der Waals surface area contributed by atoms with E-state index >= 15 is 0 Å². The first-order chi connectivity index (χ1) is 18.4. The number of carbonyl (C=O) groups is 2. The van der Waals surface area contributed by atoms with Crippen LogP contribution in [-0.4, -0.2) is 40.1 Å². The summed E-state index contributed by atoms with van der Waals surface area (Å²) in [6, 6.07) is 9.92. The van der Waals surface area contributed by atoms with E-state index in [0.717, 1.165) is 0 Å². The molecule has 0 amide bonds. The van der Waals surface area contributed by atoms with Gasteiger partial charge in [-0.3, -0.25) is 9.59 Å². The molecule has 3 rings (SSSR count). The fourth-order valence-corrected chi connectivity index (χ4v) is 3.23. The molecule has 2 heterocycles. The molecular formula is C24H14N10O4. The van der Waals surface area contributed by atoms with E-state index in [2.05, 4.69) is 29.8 Å². The monoisotopic (exact) mass is 506 g/mol.